The average Bonchev–Trinajstić information content (AvgIpc) is 2.50. The molecule has 2 rings (SSSR count). The Bertz CT molecular complexity index is 736. The molecular formula is C15H6F6O. The molecule has 0 saturated carbocycles. The third kappa shape index (κ3) is 2.88. The van der Waals surface area contributed by atoms with Crippen LogP contribution in [0.5, 0.6) is 0 Å². The first-order chi connectivity index (χ1) is 10.3. The lowest BCUT2D eigenvalue weighted by Crippen LogP contribution is -2.11. The summed E-state index contributed by atoms with van der Waals surface area (Å²) in [6.07, 6.45) is 1.69. The van der Waals surface area contributed by atoms with Gasteiger partial charge in [0.05, 0.1) is 5.56 Å². The Morgan fingerprint density at radius 1 is 0.727 bits per heavy atom. The topological polar surface area (TPSA) is 17.1 Å². The Balaban J connectivity index is 2.40. The second kappa shape index (κ2) is 6.05. The van der Waals surface area contributed by atoms with Gasteiger partial charge in [-0.2, -0.15) is 0 Å². The maximum absolute atomic E-state index is 13.4. The first-order valence-electron chi connectivity index (χ1n) is 5.82. The number of carbonyl (C=O) groups is 1. The second-order valence-corrected chi connectivity index (χ2v) is 4.19. The first kappa shape index (κ1) is 15.8. The fourth-order valence-electron chi connectivity index (χ4n) is 1.65. The predicted octanol–water partition coefficient (Wildman–Crippen LogP) is 4.42. The van der Waals surface area contributed by atoms with Crippen molar-refractivity contribution in [3.63, 3.8) is 0 Å². The third-order valence-corrected chi connectivity index (χ3v) is 2.75. The zero-order valence-corrected chi connectivity index (χ0v) is 10.6. The van der Waals surface area contributed by atoms with Crippen LogP contribution in [-0.4, -0.2) is 5.78 Å². The summed E-state index contributed by atoms with van der Waals surface area (Å²) in [6, 6.07) is 4.67. The summed E-state index contributed by atoms with van der Waals surface area (Å²) in [5, 5.41) is 0. The highest BCUT2D eigenvalue weighted by atomic mass is 19.2. The van der Waals surface area contributed by atoms with E-state index in [0.29, 0.717) is 11.6 Å². The highest BCUT2D eigenvalue weighted by Gasteiger charge is 2.28. The summed E-state index contributed by atoms with van der Waals surface area (Å²) < 4.78 is 78.3. The van der Waals surface area contributed by atoms with E-state index in [4.69, 9.17) is 0 Å². The fourth-order valence-corrected chi connectivity index (χ4v) is 1.65. The Morgan fingerprint density at radius 2 is 1.18 bits per heavy atom. The molecule has 0 aliphatic rings. The van der Waals surface area contributed by atoms with Gasteiger partial charge in [0.25, 0.3) is 0 Å². The molecule has 22 heavy (non-hydrogen) atoms. The van der Waals surface area contributed by atoms with Gasteiger partial charge in [-0.3, -0.25) is 4.79 Å². The molecule has 0 saturated heterocycles. The van der Waals surface area contributed by atoms with Crippen LogP contribution in [0, 0.1) is 34.9 Å². The van der Waals surface area contributed by atoms with Crippen LogP contribution in [-0.2, 0) is 0 Å². The summed E-state index contributed by atoms with van der Waals surface area (Å²) in [5.41, 5.74) is -1.24. The van der Waals surface area contributed by atoms with E-state index in [1.807, 2.05) is 0 Å². The summed E-state index contributed by atoms with van der Waals surface area (Å²) in [4.78, 5) is 11.6. The molecule has 7 heteroatoms. The lowest BCUT2D eigenvalue weighted by molar-refractivity contribution is 0.103. The Kier molecular flexibility index (Phi) is 4.35. The first-order valence-corrected chi connectivity index (χ1v) is 5.82. The van der Waals surface area contributed by atoms with Gasteiger partial charge < -0.3 is 0 Å². The molecule has 1 nitrogen and oxygen atoms in total. The van der Waals surface area contributed by atoms with Gasteiger partial charge in [-0.05, 0) is 23.8 Å². The Hall–Kier alpha value is -2.57. The van der Waals surface area contributed by atoms with Crippen LogP contribution in [0.25, 0.3) is 6.08 Å². The normalized spacial score (nSPS) is 11.2. The van der Waals surface area contributed by atoms with Crippen molar-refractivity contribution in [3.8, 4) is 0 Å². The maximum Gasteiger partial charge on any atom is 0.200 e. The molecule has 0 heterocycles. The average molecular weight is 316 g/mol. The monoisotopic (exact) mass is 316 g/mol. The Morgan fingerprint density at radius 3 is 1.68 bits per heavy atom. The molecule has 0 fully saturated rings. The van der Waals surface area contributed by atoms with Crippen molar-refractivity contribution in [2.24, 2.45) is 0 Å². The maximum atomic E-state index is 13.4. The predicted molar refractivity (Wildman–Crippen MR) is 66.0 cm³/mol. The SMILES string of the molecule is O=C(C=Cc1ccc(F)cc1)c1c(F)c(F)c(F)c(F)c1F. The van der Waals surface area contributed by atoms with Crippen LogP contribution in [0.4, 0.5) is 26.3 Å². The number of ketones is 1. The van der Waals surface area contributed by atoms with Gasteiger partial charge in [0, 0.05) is 0 Å². The minimum atomic E-state index is -2.34. The van der Waals surface area contributed by atoms with Gasteiger partial charge in [-0.1, -0.05) is 18.2 Å². The van der Waals surface area contributed by atoms with Crippen molar-refractivity contribution < 1.29 is 31.1 Å². The van der Waals surface area contributed by atoms with Crippen molar-refractivity contribution in [2.45, 2.75) is 0 Å². The molecule has 0 aromatic heterocycles. The van der Waals surface area contributed by atoms with E-state index in [9.17, 15) is 31.1 Å². The van der Waals surface area contributed by atoms with Crippen LogP contribution < -0.4 is 0 Å². The van der Waals surface area contributed by atoms with Crippen LogP contribution >= 0.6 is 0 Å². The molecule has 0 unspecified atom stereocenters. The minimum Gasteiger partial charge on any atom is -0.289 e. The number of halogens is 6. The van der Waals surface area contributed by atoms with Crippen molar-refractivity contribution in [1.29, 1.82) is 0 Å². The van der Waals surface area contributed by atoms with Crippen LogP contribution in [0.15, 0.2) is 30.3 Å². The summed E-state index contributed by atoms with van der Waals surface area (Å²) >= 11 is 0. The van der Waals surface area contributed by atoms with Gasteiger partial charge in [-0.15, -0.1) is 0 Å². The number of rotatable bonds is 3. The summed E-state index contributed by atoms with van der Waals surface area (Å²) in [7, 11) is 0. The highest BCUT2D eigenvalue weighted by molar-refractivity contribution is 6.07. The highest BCUT2D eigenvalue weighted by Crippen LogP contribution is 2.23. The minimum absolute atomic E-state index is 0.304. The summed E-state index contributed by atoms with van der Waals surface area (Å²) in [5.74, 6) is -13.1. The van der Waals surface area contributed by atoms with E-state index < -0.39 is 46.3 Å². The molecule has 0 aliphatic heterocycles. The van der Waals surface area contributed by atoms with Crippen LogP contribution in [0.3, 0.4) is 0 Å². The molecule has 0 N–H and O–H groups in total. The molecule has 0 radical (unpaired) electrons. The lowest BCUT2D eigenvalue weighted by Gasteiger charge is -2.05. The summed E-state index contributed by atoms with van der Waals surface area (Å²) in [6.45, 7) is 0. The van der Waals surface area contributed by atoms with E-state index in [1.54, 1.807) is 0 Å². The van der Waals surface area contributed by atoms with Gasteiger partial charge in [0.2, 0.25) is 5.82 Å². The number of benzene rings is 2. The van der Waals surface area contributed by atoms with Gasteiger partial charge in [0.1, 0.15) is 5.82 Å². The number of hydrogen-bond donors (Lipinski definition) is 0. The third-order valence-electron chi connectivity index (χ3n) is 2.75. The molecule has 0 bridgehead atoms. The van der Waals surface area contributed by atoms with Gasteiger partial charge >= 0.3 is 0 Å². The second-order valence-electron chi connectivity index (χ2n) is 4.19. The largest absolute Gasteiger partial charge is 0.289 e. The van der Waals surface area contributed by atoms with Crippen molar-refractivity contribution >= 4 is 11.9 Å². The molecule has 0 aliphatic carbocycles. The molecule has 0 amide bonds. The fraction of sp³-hybridized carbons (Fsp3) is 0. The lowest BCUT2D eigenvalue weighted by atomic mass is 10.1. The van der Waals surface area contributed by atoms with Gasteiger partial charge in [-0.25, -0.2) is 26.3 Å². The smallest absolute Gasteiger partial charge is 0.200 e. The molecule has 114 valence electrons. The molecule has 2 aromatic carbocycles. The van der Waals surface area contributed by atoms with Crippen LogP contribution in [0.2, 0.25) is 0 Å². The molecule has 2 aromatic rings. The number of carbonyl (C=O) groups excluding carboxylic acids is 1. The molecular weight excluding hydrogens is 310 g/mol. The number of allylic oxidation sites excluding steroid dienone is 1. The van der Waals surface area contributed by atoms with E-state index in [2.05, 4.69) is 0 Å². The molecule has 0 atom stereocenters. The zero-order valence-electron chi connectivity index (χ0n) is 10.6. The molecule has 0 spiro atoms. The Labute approximate surface area is 120 Å². The van der Waals surface area contributed by atoms with Crippen molar-refractivity contribution in [2.75, 3.05) is 0 Å². The quantitative estimate of drug-likeness (QED) is 0.269. The standard InChI is InChI=1S/C15H6F6O/c16-8-4-1-7(2-5-8)3-6-9(22)10-11(17)13(19)15(21)14(20)12(10)18/h1-6H. The van der Waals surface area contributed by atoms with Crippen molar-refractivity contribution in [3.05, 3.63) is 76.4 Å². The van der Waals surface area contributed by atoms with Crippen molar-refractivity contribution in [1.82, 2.24) is 0 Å². The zero-order chi connectivity index (χ0) is 16.4. The van der Waals surface area contributed by atoms with E-state index in [0.717, 1.165) is 18.2 Å². The number of hydrogen-bond acceptors (Lipinski definition) is 1. The van der Waals surface area contributed by atoms with E-state index in [1.165, 1.54) is 12.1 Å². The van der Waals surface area contributed by atoms with E-state index >= 15 is 0 Å². The van der Waals surface area contributed by atoms with Crippen LogP contribution in [0.1, 0.15) is 15.9 Å². The van der Waals surface area contributed by atoms with E-state index in [-0.39, 0.29) is 0 Å². The van der Waals surface area contributed by atoms with Gasteiger partial charge in [0.15, 0.2) is 29.1 Å².